The molecule has 4 aromatic heterocycles. The fraction of sp³-hybridized carbons (Fsp3) is 0.538. The molecule has 1 saturated heterocycles. The molecule has 180 valence electrons. The summed E-state index contributed by atoms with van der Waals surface area (Å²) in [4.78, 5) is 7.61. The predicted molar refractivity (Wildman–Crippen MR) is 135 cm³/mol. The van der Waals surface area contributed by atoms with E-state index in [1.165, 1.54) is 32.4 Å². The van der Waals surface area contributed by atoms with E-state index in [1.54, 1.807) is 0 Å². The lowest BCUT2D eigenvalue weighted by Crippen LogP contribution is -2.35. The quantitative estimate of drug-likeness (QED) is 0.354. The van der Waals surface area contributed by atoms with Gasteiger partial charge < -0.3 is 4.90 Å². The van der Waals surface area contributed by atoms with Crippen LogP contribution in [0.3, 0.4) is 0 Å². The molecular weight excluding hydrogens is 424 g/mol. The molecule has 0 radical (unpaired) electrons. The lowest BCUT2D eigenvalue weighted by molar-refractivity contribution is 0.174. The number of hydrogen-bond donors (Lipinski definition) is 0. The Hall–Kier alpha value is -3.00. The highest BCUT2D eigenvalue weighted by molar-refractivity contribution is 5.78. The zero-order valence-electron chi connectivity index (χ0n) is 20.6. The number of likely N-dealkylation sites (tertiary alicyclic amines) is 1. The Morgan fingerprint density at radius 2 is 1.71 bits per heavy atom. The van der Waals surface area contributed by atoms with Crippen molar-refractivity contribution in [2.45, 2.75) is 65.5 Å². The van der Waals surface area contributed by atoms with Gasteiger partial charge in [-0.15, -0.1) is 0 Å². The van der Waals surface area contributed by atoms with E-state index in [2.05, 4.69) is 58.0 Å². The van der Waals surface area contributed by atoms with Crippen LogP contribution >= 0.6 is 0 Å². The van der Waals surface area contributed by atoms with Gasteiger partial charge in [-0.05, 0) is 50.8 Å². The van der Waals surface area contributed by atoms with Crippen molar-refractivity contribution in [2.75, 3.05) is 19.6 Å². The minimum atomic E-state index is 0.406. The molecule has 0 bridgehead atoms. The molecule has 0 atom stereocenters. The fourth-order valence-corrected chi connectivity index (χ4v) is 5.08. The summed E-state index contributed by atoms with van der Waals surface area (Å²) < 4.78 is 6.01. The summed E-state index contributed by atoms with van der Waals surface area (Å²) >= 11 is 0. The third kappa shape index (κ3) is 4.64. The molecule has 1 fully saturated rings. The first-order valence-corrected chi connectivity index (χ1v) is 12.8. The third-order valence-electron chi connectivity index (χ3n) is 7.44. The molecule has 0 amide bonds. The minimum absolute atomic E-state index is 0.406. The highest BCUT2D eigenvalue weighted by Gasteiger charge is 2.18. The second kappa shape index (κ2) is 10.1. The lowest BCUT2D eigenvalue weighted by atomic mass is 9.94. The molecule has 34 heavy (non-hydrogen) atoms. The molecule has 0 saturated carbocycles. The zero-order chi connectivity index (χ0) is 23.5. The van der Waals surface area contributed by atoms with Crippen LogP contribution in [0.15, 0.2) is 43.2 Å². The second-order valence-corrected chi connectivity index (χ2v) is 9.50. The van der Waals surface area contributed by atoms with Gasteiger partial charge in [0.25, 0.3) is 0 Å². The molecule has 0 spiro atoms. The van der Waals surface area contributed by atoms with Crippen LogP contribution in [-0.4, -0.2) is 58.7 Å². The fourth-order valence-electron chi connectivity index (χ4n) is 5.08. The maximum atomic E-state index is 5.04. The van der Waals surface area contributed by atoms with E-state index in [1.807, 2.05) is 40.1 Å². The van der Waals surface area contributed by atoms with Crippen molar-refractivity contribution in [1.29, 1.82) is 0 Å². The van der Waals surface area contributed by atoms with Crippen molar-refractivity contribution in [2.24, 2.45) is 5.92 Å². The second-order valence-electron chi connectivity index (χ2n) is 9.50. The molecule has 0 unspecified atom stereocenters. The molecule has 8 nitrogen and oxygen atoms in total. The summed E-state index contributed by atoms with van der Waals surface area (Å²) in [6.45, 7) is 11.1. The van der Waals surface area contributed by atoms with Crippen LogP contribution < -0.4 is 0 Å². The standard InChI is InChI=1S/C26H36N8/c1-4-20-8-11-31(12-9-20)13-14-32-17-21(15-28-32)24-19-34-25(7-10-27-34)26(30-24)22-16-29-33(18-22)23(5-2)6-3/h7,10,15-20,23H,4-6,8-9,11-14H2,1-3H3. The van der Waals surface area contributed by atoms with Gasteiger partial charge in [-0.2, -0.15) is 15.3 Å². The molecule has 5 heterocycles. The number of hydrogen-bond acceptors (Lipinski definition) is 5. The molecule has 1 aliphatic rings. The van der Waals surface area contributed by atoms with Crippen LogP contribution in [0.5, 0.6) is 0 Å². The maximum Gasteiger partial charge on any atom is 0.0999 e. The van der Waals surface area contributed by atoms with E-state index in [0.29, 0.717) is 6.04 Å². The van der Waals surface area contributed by atoms with Gasteiger partial charge in [-0.25, -0.2) is 9.50 Å². The van der Waals surface area contributed by atoms with Gasteiger partial charge in [-0.3, -0.25) is 9.36 Å². The van der Waals surface area contributed by atoms with Crippen molar-refractivity contribution in [3.8, 4) is 22.5 Å². The number of fused-ring (bicyclic) bond motifs is 1. The van der Waals surface area contributed by atoms with Crippen molar-refractivity contribution in [3.63, 3.8) is 0 Å². The first-order chi connectivity index (χ1) is 16.7. The van der Waals surface area contributed by atoms with E-state index in [4.69, 9.17) is 4.98 Å². The van der Waals surface area contributed by atoms with Gasteiger partial charge in [-0.1, -0.05) is 27.2 Å². The van der Waals surface area contributed by atoms with E-state index >= 15 is 0 Å². The topological polar surface area (TPSA) is 69.1 Å². The molecule has 4 aromatic rings. The Kier molecular flexibility index (Phi) is 6.76. The van der Waals surface area contributed by atoms with Gasteiger partial charge >= 0.3 is 0 Å². The van der Waals surface area contributed by atoms with Gasteiger partial charge in [0.05, 0.1) is 54.3 Å². The van der Waals surface area contributed by atoms with Crippen LogP contribution in [-0.2, 0) is 6.54 Å². The van der Waals surface area contributed by atoms with E-state index < -0.39 is 0 Å². The molecule has 1 aliphatic heterocycles. The van der Waals surface area contributed by atoms with Crippen LogP contribution in [0.4, 0.5) is 0 Å². The minimum Gasteiger partial charge on any atom is -0.301 e. The van der Waals surface area contributed by atoms with E-state index in [9.17, 15) is 0 Å². The lowest BCUT2D eigenvalue weighted by Gasteiger charge is -2.31. The van der Waals surface area contributed by atoms with Gasteiger partial charge in [0.2, 0.25) is 0 Å². The largest absolute Gasteiger partial charge is 0.301 e. The first kappa shape index (κ1) is 22.8. The molecule has 5 rings (SSSR count). The maximum absolute atomic E-state index is 5.04. The Labute approximate surface area is 201 Å². The number of rotatable bonds is 9. The van der Waals surface area contributed by atoms with Gasteiger partial charge in [0.1, 0.15) is 0 Å². The van der Waals surface area contributed by atoms with Crippen LogP contribution in [0, 0.1) is 5.92 Å². The van der Waals surface area contributed by atoms with Crippen LogP contribution in [0.1, 0.15) is 58.9 Å². The first-order valence-electron chi connectivity index (χ1n) is 12.8. The van der Waals surface area contributed by atoms with E-state index in [0.717, 1.165) is 59.9 Å². The summed E-state index contributed by atoms with van der Waals surface area (Å²) in [5.41, 5.74) is 4.78. The zero-order valence-corrected chi connectivity index (χ0v) is 20.6. The average molecular weight is 461 g/mol. The summed E-state index contributed by atoms with van der Waals surface area (Å²) in [7, 11) is 0. The van der Waals surface area contributed by atoms with Crippen LogP contribution in [0.2, 0.25) is 0 Å². The van der Waals surface area contributed by atoms with Crippen molar-refractivity contribution >= 4 is 5.52 Å². The van der Waals surface area contributed by atoms with E-state index in [-0.39, 0.29) is 0 Å². The van der Waals surface area contributed by atoms with Crippen molar-refractivity contribution in [1.82, 2.24) is 39.1 Å². The number of piperidine rings is 1. The summed E-state index contributed by atoms with van der Waals surface area (Å²) in [6.07, 6.45) is 17.9. The number of aromatic nitrogens is 7. The smallest absolute Gasteiger partial charge is 0.0999 e. The van der Waals surface area contributed by atoms with Crippen LogP contribution in [0.25, 0.3) is 28.0 Å². The predicted octanol–water partition coefficient (Wildman–Crippen LogP) is 4.94. The number of nitrogens with zero attached hydrogens (tertiary/aromatic N) is 8. The summed E-state index contributed by atoms with van der Waals surface area (Å²) in [6, 6.07) is 2.41. The normalized spacial score (nSPS) is 15.6. The molecule has 0 aliphatic carbocycles. The summed E-state index contributed by atoms with van der Waals surface area (Å²) in [5.74, 6) is 0.909. The van der Waals surface area contributed by atoms with Crippen molar-refractivity contribution in [3.05, 3.63) is 43.2 Å². The molecule has 0 aromatic carbocycles. The summed E-state index contributed by atoms with van der Waals surface area (Å²) in [5, 5.41) is 13.8. The average Bonchev–Trinajstić information content (AvgIpc) is 3.64. The monoisotopic (exact) mass is 460 g/mol. The molecule has 8 heteroatoms. The Morgan fingerprint density at radius 3 is 2.47 bits per heavy atom. The van der Waals surface area contributed by atoms with Gasteiger partial charge in [0, 0.05) is 30.1 Å². The van der Waals surface area contributed by atoms with Gasteiger partial charge in [0.15, 0.2) is 0 Å². The SMILES string of the molecule is CCC1CCN(CCn2cc(-c3cn4nccc4c(-c4cnn(C(CC)CC)c4)n3)cn2)CC1. The Balaban J connectivity index is 1.35. The highest BCUT2D eigenvalue weighted by atomic mass is 15.3. The molecular formula is C26H36N8. The third-order valence-corrected chi connectivity index (χ3v) is 7.44. The Morgan fingerprint density at radius 1 is 0.912 bits per heavy atom. The molecule has 0 N–H and O–H groups in total. The van der Waals surface area contributed by atoms with Crippen molar-refractivity contribution < 1.29 is 0 Å². The Bertz CT molecular complexity index is 1210. The highest BCUT2D eigenvalue weighted by Crippen LogP contribution is 2.28.